The van der Waals surface area contributed by atoms with E-state index < -0.39 is 29.4 Å². The van der Waals surface area contributed by atoms with Gasteiger partial charge in [0.1, 0.15) is 17.0 Å². The Bertz CT molecular complexity index is 1150. The van der Waals surface area contributed by atoms with Crippen molar-refractivity contribution in [1.29, 1.82) is 0 Å². The van der Waals surface area contributed by atoms with Crippen molar-refractivity contribution in [1.82, 2.24) is 4.98 Å². The number of amides is 1. The second-order valence-corrected chi connectivity index (χ2v) is 6.27. The van der Waals surface area contributed by atoms with Gasteiger partial charge in [0, 0.05) is 12.1 Å². The van der Waals surface area contributed by atoms with E-state index in [4.69, 9.17) is 9.47 Å². The van der Waals surface area contributed by atoms with Crippen LogP contribution in [0.1, 0.15) is 16.1 Å². The Hall–Kier alpha value is -4.09. The van der Waals surface area contributed by atoms with Crippen LogP contribution in [0.5, 0.6) is 23.0 Å². The molecule has 0 bridgehead atoms. The molecular weight excluding hydrogens is 438 g/mol. The van der Waals surface area contributed by atoms with Crippen LogP contribution in [0.4, 0.5) is 23.2 Å². The summed E-state index contributed by atoms with van der Waals surface area (Å²) < 4.78 is 66.9. The molecule has 1 aromatic carbocycles. The summed E-state index contributed by atoms with van der Waals surface area (Å²) in [7, 11) is 1.18. The fourth-order valence-electron chi connectivity index (χ4n) is 2.62. The molecule has 2 aromatic heterocycles. The molecule has 0 aliphatic carbocycles. The van der Waals surface area contributed by atoms with Crippen molar-refractivity contribution in [3.8, 4) is 23.0 Å². The Labute approximate surface area is 178 Å². The third kappa shape index (κ3) is 5.33. The summed E-state index contributed by atoms with van der Waals surface area (Å²) in [6, 6.07) is 5.76. The summed E-state index contributed by atoms with van der Waals surface area (Å²) >= 11 is 0. The molecule has 0 saturated carbocycles. The zero-order chi connectivity index (χ0) is 23.5. The van der Waals surface area contributed by atoms with Crippen molar-refractivity contribution in [3.63, 3.8) is 0 Å². The van der Waals surface area contributed by atoms with Gasteiger partial charge in [-0.1, -0.05) is 0 Å². The fourth-order valence-corrected chi connectivity index (χ4v) is 2.62. The number of carbonyl (C=O) groups is 1. The molecule has 0 atom stereocenters. The predicted octanol–water partition coefficient (Wildman–Crippen LogP) is 4.11. The molecule has 2 heterocycles. The first-order valence-corrected chi connectivity index (χ1v) is 8.84. The first-order chi connectivity index (χ1) is 15.1. The molecule has 0 saturated heterocycles. The van der Waals surface area contributed by atoms with Crippen LogP contribution in [0.3, 0.4) is 0 Å². The number of hydrogen-bond donors (Lipinski definition) is 1. The molecule has 0 radical (unpaired) electrons. The highest BCUT2D eigenvalue weighted by Gasteiger charge is 2.31. The van der Waals surface area contributed by atoms with Gasteiger partial charge in [0.25, 0.3) is 5.91 Å². The molecule has 0 aliphatic rings. The summed E-state index contributed by atoms with van der Waals surface area (Å²) in [5.74, 6) is -3.12. The van der Waals surface area contributed by atoms with E-state index in [2.05, 4.69) is 15.0 Å². The van der Waals surface area contributed by atoms with E-state index in [-0.39, 0.29) is 28.6 Å². The number of halogens is 4. The molecule has 8 nitrogen and oxygen atoms in total. The van der Waals surface area contributed by atoms with E-state index in [1.54, 1.807) is 0 Å². The molecule has 0 fully saturated rings. The van der Waals surface area contributed by atoms with Gasteiger partial charge in [-0.3, -0.25) is 9.78 Å². The van der Waals surface area contributed by atoms with Gasteiger partial charge in [-0.25, -0.2) is 4.39 Å². The maximum absolute atomic E-state index is 14.8. The van der Waals surface area contributed by atoms with Crippen LogP contribution in [0.25, 0.3) is 0 Å². The van der Waals surface area contributed by atoms with Gasteiger partial charge in [-0.2, -0.15) is 4.73 Å². The molecule has 3 aromatic rings. The van der Waals surface area contributed by atoms with Gasteiger partial charge in [0.15, 0.2) is 29.3 Å². The van der Waals surface area contributed by atoms with Crippen LogP contribution >= 0.6 is 0 Å². The van der Waals surface area contributed by atoms with Crippen molar-refractivity contribution >= 4 is 11.6 Å². The van der Waals surface area contributed by atoms with Crippen molar-refractivity contribution in [2.45, 2.75) is 13.3 Å². The predicted molar refractivity (Wildman–Crippen MR) is 102 cm³/mol. The van der Waals surface area contributed by atoms with Crippen LogP contribution in [0.15, 0.2) is 48.9 Å². The van der Waals surface area contributed by atoms with E-state index in [9.17, 15) is 27.6 Å². The van der Waals surface area contributed by atoms with Crippen LogP contribution in [0, 0.1) is 17.9 Å². The standard InChI is InChI=1S/C20H15F4N3O5/c1-11-18(21)17(19(28)26-12-4-3-7-27(29)10-12)16(9-25-11)31-14-6-5-13(8-15(14)30-2)32-20(22,23)24/h3-10H,1-2H3,(H,26,28). The van der Waals surface area contributed by atoms with Crippen LogP contribution < -0.4 is 24.3 Å². The number of ether oxygens (including phenoxy) is 3. The minimum atomic E-state index is -4.91. The Morgan fingerprint density at radius 2 is 1.94 bits per heavy atom. The zero-order valence-electron chi connectivity index (χ0n) is 16.6. The lowest BCUT2D eigenvalue weighted by molar-refractivity contribution is -0.604. The van der Waals surface area contributed by atoms with Crippen molar-refractivity contribution in [2.24, 2.45) is 0 Å². The summed E-state index contributed by atoms with van der Waals surface area (Å²) in [6.07, 6.45) is -1.58. The Morgan fingerprint density at radius 1 is 1.19 bits per heavy atom. The van der Waals surface area contributed by atoms with E-state index in [1.165, 1.54) is 32.4 Å². The van der Waals surface area contributed by atoms with E-state index in [1.807, 2.05) is 0 Å². The number of nitrogens with one attached hydrogen (secondary N) is 1. The van der Waals surface area contributed by atoms with E-state index >= 15 is 0 Å². The third-order valence-corrected chi connectivity index (χ3v) is 4.01. The number of methoxy groups -OCH3 is 1. The van der Waals surface area contributed by atoms with Crippen LogP contribution in [0.2, 0.25) is 0 Å². The number of aryl methyl sites for hydroxylation is 1. The molecule has 32 heavy (non-hydrogen) atoms. The molecule has 168 valence electrons. The first kappa shape index (κ1) is 22.6. The first-order valence-electron chi connectivity index (χ1n) is 8.84. The SMILES string of the molecule is COc1cc(OC(F)(F)F)ccc1Oc1cnc(C)c(F)c1C(=O)Nc1ccc[n+]([O-])c1. The average molecular weight is 453 g/mol. The van der Waals surface area contributed by atoms with Crippen molar-refractivity contribution in [2.75, 3.05) is 12.4 Å². The van der Waals surface area contributed by atoms with Crippen molar-refractivity contribution < 1.29 is 41.3 Å². The highest BCUT2D eigenvalue weighted by Crippen LogP contribution is 2.37. The number of alkyl halides is 3. The van der Waals surface area contributed by atoms with Gasteiger partial charge in [-0.05, 0) is 25.1 Å². The number of hydrogen-bond acceptors (Lipinski definition) is 6. The summed E-state index contributed by atoms with van der Waals surface area (Å²) in [6.45, 7) is 1.33. The van der Waals surface area contributed by atoms with Gasteiger partial charge >= 0.3 is 6.36 Å². The van der Waals surface area contributed by atoms with E-state index in [0.717, 1.165) is 30.6 Å². The molecule has 0 unspecified atom stereocenters. The molecule has 0 spiro atoms. The smallest absolute Gasteiger partial charge is 0.573 e. The second-order valence-electron chi connectivity index (χ2n) is 6.27. The van der Waals surface area contributed by atoms with Gasteiger partial charge < -0.3 is 24.7 Å². The molecule has 1 N–H and O–H groups in total. The van der Waals surface area contributed by atoms with Gasteiger partial charge in [0.05, 0.1) is 19.0 Å². The topological polar surface area (TPSA) is 96.6 Å². The summed E-state index contributed by atoms with van der Waals surface area (Å²) in [5.41, 5.74) is -0.537. The number of aromatic nitrogens is 2. The van der Waals surface area contributed by atoms with Crippen molar-refractivity contribution in [3.05, 3.63) is 71.2 Å². The quantitative estimate of drug-likeness (QED) is 0.343. The maximum atomic E-state index is 14.8. The minimum absolute atomic E-state index is 0.0959. The number of nitrogens with zero attached hydrogens (tertiary/aromatic N) is 2. The van der Waals surface area contributed by atoms with E-state index in [0.29, 0.717) is 4.73 Å². The number of carbonyl (C=O) groups excluding carboxylic acids is 1. The fraction of sp³-hybridized carbons (Fsp3) is 0.150. The molecule has 1 amide bonds. The maximum Gasteiger partial charge on any atom is 0.573 e. The monoisotopic (exact) mass is 453 g/mol. The minimum Gasteiger partial charge on any atom is -0.619 e. The lowest BCUT2D eigenvalue weighted by Gasteiger charge is -2.16. The highest BCUT2D eigenvalue weighted by atomic mass is 19.4. The molecule has 0 aliphatic heterocycles. The number of rotatable bonds is 6. The average Bonchev–Trinajstić information content (AvgIpc) is 2.70. The summed E-state index contributed by atoms with van der Waals surface area (Å²) in [5, 5.41) is 13.8. The van der Waals surface area contributed by atoms with Crippen LogP contribution in [-0.2, 0) is 0 Å². The Balaban J connectivity index is 1.95. The van der Waals surface area contributed by atoms with Crippen LogP contribution in [-0.4, -0.2) is 24.4 Å². The lowest BCUT2D eigenvalue weighted by Crippen LogP contribution is -2.26. The molecule has 12 heteroatoms. The normalized spacial score (nSPS) is 11.1. The highest BCUT2D eigenvalue weighted by molar-refractivity contribution is 6.06. The zero-order valence-corrected chi connectivity index (χ0v) is 16.6. The lowest BCUT2D eigenvalue weighted by atomic mass is 10.1. The largest absolute Gasteiger partial charge is 0.619 e. The molecule has 3 rings (SSSR count). The van der Waals surface area contributed by atoms with Gasteiger partial charge in [-0.15, -0.1) is 13.2 Å². The second kappa shape index (κ2) is 8.96. The number of benzene rings is 1. The Kier molecular flexibility index (Phi) is 6.32. The third-order valence-electron chi connectivity index (χ3n) is 4.01. The summed E-state index contributed by atoms with van der Waals surface area (Å²) in [4.78, 5) is 16.5. The molecular formula is C20H15F4N3O5. The van der Waals surface area contributed by atoms with Gasteiger partial charge in [0.2, 0.25) is 6.20 Å². The number of anilines is 1. The Morgan fingerprint density at radius 3 is 2.59 bits per heavy atom. The number of pyridine rings is 2.